The molecule has 0 fully saturated rings. The molecule has 0 spiro atoms. The molecule has 0 saturated heterocycles. The lowest BCUT2D eigenvalue weighted by molar-refractivity contribution is -0.0199. The van der Waals surface area contributed by atoms with Gasteiger partial charge in [0.1, 0.15) is 11.3 Å². The lowest BCUT2D eigenvalue weighted by Crippen LogP contribution is -2.34. The number of aromatic carboxylic acids is 1. The number of ether oxygens (including phenoxy) is 3. The Kier molecular flexibility index (Phi) is 5.41. The summed E-state index contributed by atoms with van der Waals surface area (Å²) in [6.07, 6.45) is 3.34. The van der Waals surface area contributed by atoms with Gasteiger partial charge in [0.15, 0.2) is 11.5 Å². The number of hydrogen-bond acceptors (Lipinski definition) is 7. The second-order valence-electron chi connectivity index (χ2n) is 7.61. The van der Waals surface area contributed by atoms with Gasteiger partial charge in [-0.15, -0.1) is 0 Å². The summed E-state index contributed by atoms with van der Waals surface area (Å²) in [7, 11) is 2.88. The van der Waals surface area contributed by atoms with Gasteiger partial charge in [0.25, 0.3) is 0 Å². The second kappa shape index (κ2) is 8.40. The minimum atomic E-state index is -1.14. The number of carboxylic acid groups (broad SMARTS) is 1. The van der Waals surface area contributed by atoms with Crippen molar-refractivity contribution in [3.05, 3.63) is 81.6 Å². The van der Waals surface area contributed by atoms with Gasteiger partial charge in [-0.1, -0.05) is 22.0 Å². The van der Waals surface area contributed by atoms with Crippen LogP contribution >= 0.6 is 15.9 Å². The Bertz CT molecular complexity index is 1260. The molecule has 8 nitrogen and oxygen atoms in total. The van der Waals surface area contributed by atoms with Gasteiger partial charge >= 0.3 is 5.97 Å². The molecule has 168 valence electrons. The van der Waals surface area contributed by atoms with Crippen molar-refractivity contribution < 1.29 is 24.1 Å². The molecule has 1 N–H and O–H groups in total. The number of pyridine rings is 1. The first kappa shape index (κ1) is 21.3. The Morgan fingerprint density at radius 2 is 2.03 bits per heavy atom. The molecule has 0 amide bonds. The summed E-state index contributed by atoms with van der Waals surface area (Å²) < 4.78 is 18.0. The van der Waals surface area contributed by atoms with Crippen LogP contribution in [0.4, 0.5) is 0 Å². The van der Waals surface area contributed by atoms with Gasteiger partial charge < -0.3 is 19.3 Å². The predicted octanol–water partition coefficient (Wildman–Crippen LogP) is 4.80. The fraction of sp³-hybridized carbons (Fsp3) is 0.208. The zero-order chi connectivity index (χ0) is 23.1. The van der Waals surface area contributed by atoms with Gasteiger partial charge in [-0.3, -0.25) is 4.98 Å². The highest BCUT2D eigenvalue weighted by Crippen LogP contribution is 2.50. The van der Waals surface area contributed by atoms with E-state index in [1.54, 1.807) is 24.5 Å². The van der Waals surface area contributed by atoms with Crippen LogP contribution in [0.15, 0.2) is 64.4 Å². The molecule has 0 aliphatic carbocycles. The molecule has 0 unspecified atom stereocenters. The molecular weight excluding hydrogens is 490 g/mol. The second-order valence-corrected chi connectivity index (χ2v) is 8.53. The Labute approximate surface area is 198 Å². The highest BCUT2D eigenvalue weighted by Gasteiger charge is 2.43. The summed E-state index contributed by atoms with van der Waals surface area (Å²) in [5.74, 6) is 0.00703. The van der Waals surface area contributed by atoms with Crippen LogP contribution in [-0.4, -0.2) is 41.0 Å². The Balaban J connectivity index is 1.68. The van der Waals surface area contributed by atoms with Crippen molar-refractivity contribution >= 4 is 27.6 Å². The number of carbonyl (C=O) groups is 1. The molecule has 3 aromatic rings. The highest BCUT2D eigenvalue weighted by atomic mass is 79.9. The first-order valence-electron chi connectivity index (χ1n) is 10.2. The van der Waals surface area contributed by atoms with E-state index in [1.807, 2.05) is 35.3 Å². The molecule has 2 aliphatic heterocycles. The number of benzene rings is 2. The van der Waals surface area contributed by atoms with E-state index in [2.05, 4.69) is 20.9 Å². The zero-order valence-electron chi connectivity index (χ0n) is 17.9. The number of rotatable bonds is 5. The van der Waals surface area contributed by atoms with Crippen LogP contribution in [0.5, 0.6) is 17.2 Å². The van der Waals surface area contributed by atoms with Gasteiger partial charge in [0.05, 0.1) is 26.0 Å². The highest BCUT2D eigenvalue weighted by molar-refractivity contribution is 9.10. The van der Waals surface area contributed by atoms with Crippen molar-refractivity contribution in [2.24, 2.45) is 5.10 Å². The third-order valence-electron chi connectivity index (χ3n) is 5.80. The Morgan fingerprint density at radius 1 is 1.18 bits per heavy atom. The zero-order valence-corrected chi connectivity index (χ0v) is 19.4. The molecule has 0 radical (unpaired) electrons. The fourth-order valence-corrected chi connectivity index (χ4v) is 4.72. The molecule has 0 bridgehead atoms. The largest absolute Gasteiger partial charge is 0.493 e. The quantitative estimate of drug-likeness (QED) is 0.527. The van der Waals surface area contributed by atoms with E-state index in [0.717, 1.165) is 21.3 Å². The predicted molar refractivity (Wildman–Crippen MR) is 124 cm³/mol. The average molecular weight is 510 g/mol. The Morgan fingerprint density at radius 3 is 2.73 bits per heavy atom. The van der Waals surface area contributed by atoms with Gasteiger partial charge in [-0.05, 0) is 36.4 Å². The molecule has 2 aliphatic rings. The summed E-state index contributed by atoms with van der Waals surface area (Å²) in [5.41, 5.74) is 3.14. The molecule has 5 rings (SSSR count). The summed E-state index contributed by atoms with van der Waals surface area (Å²) in [6.45, 7) is 0. The number of halogens is 1. The molecule has 33 heavy (non-hydrogen) atoms. The average Bonchev–Trinajstić information content (AvgIpc) is 3.29. The van der Waals surface area contributed by atoms with E-state index < -0.39 is 12.2 Å². The maximum atomic E-state index is 12.3. The first-order valence-corrected chi connectivity index (χ1v) is 11.0. The van der Waals surface area contributed by atoms with Gasteiger partial charge in [0, 0.05) is 40.0 Å². The smallest absolute Gasteiger partial charge is 0.340 e. The third kappa shape index (κ3) is 3.58. The molecule has 3 heterocycles. The van der Waals surface area contributed by atoms with Crippen molar-refractivity contribution in [3.63, 3.8) is 0 Å². The lowest BCUT2D eigenvalue weighted by Gasteiger charge is -2.38. The van der Waals surface area contributed by atoms with E-state index in [1.165, 1.54) is 14.2 Å². The summed E-state index contributed by atoms with van der Waals surface area (Å²) >= 11 is 3.54. The van der Waals surface area contributed by atoms with Gasteiger partial charge in [0.2, 0.25) is 6.23 Å². The number of fused-ring (bicyclic) bond motifs is 3. The van der Waals surface area contributed by atoms with E-state index in [9.17, 15) is 9.90 Å². The van der Waals surface area contributed by atoms with Crippen LogP contribution in [0, 0.1) is 0 Å². The third-order valence-corrected chi connectivity index (χ3v) is 6.30. The summed E-state index contributed by atoms with van der Waals surface area (Å²) in [4.78, 5) is 16.5. The van der Waals surface area contributed by atoms with E-state index >= 15 is 0 Å². The summed E-state index contributed by atoms with van der Waals surface area (Å²) in [5, 5.41) is 16.8. The first-order chi connectivity index (χ1) is 16.0. The van der Waals surface area contributed by atoms with Crippen molar-refractivity contribution in [2.75, 3.05) is 14.2 Å². The summed E-state index contributed by atoms with van der Waals surface area (Å²) in [6, 6.07) is 12.8. The van der Waals surface area contributed by atoms with Gasteiger partial charge in [-0.25, -0.2) is 9.80 Å². The van der Waals surface area contributed by atoms with Crippen LogP contribution in [0.2, 0.25) is 0 Å². The number of hydrogen-bond donors (Lipinski definition) is 1. The molecule has 2 atom stereocenters. The SMILES string of the molecule is COc1ccc([C@H]2Oc3ccc(Br)cc3[C@@H]3CC(c4cccnc4)=NN23)c(C(=O)O)c1OC. The van der Waals surface area contributed by atoms with E-state index in [4.69, 9.17) is 19.3 Å². The monoisotopic (exact) mass is 509 g/mol. The van der Waals surface area contributed by atoms with Crippen LogP contribution in [0.25, 0.3) is 0 Å². The van der Waals surface area contributed by atoms with Crippen molar-refractivity contribution in [1.82, 2.24) is 9.99 Å². The normalized spacial score (nSPS) is 18.6. The Hall–Kier alpha value is -3.59. The van der Waals surface area contributed by atoms with Crippen molar-refractivity contribution in [1.29, 1.82) is 0 Å². The molecular formula is C24H20BrN3O5. The number of methoxy groups -OCH3 is 2. The number of carboxylic acids is 1. The topological polar surface area (TPSA) is 93.5 Å². The standard InChI is InChI=1S/C24H20BrN3O5/c1-31-20-8-6-15(21(24(29)30)22(20)32-2)23-28-18(16-10-14(25)5-7-19(16)33-23)11-17(27-28)13-4-3-9-26-12-13/h3-10,12,18,23H,11H2,1-2H3,(H,29,30)/t18-,23+/m0/s1. The number of aromatic nitrogens is 1. The minimum Gasteiger partial charge on any atom is -0.493 e. The molecule has 0 saturated carbocycles. The van der Waals surface area contributed by atoms with Crippen molar-refractivity contribution in [3.8, 4) is 17.2 Å². The number of hydrazone groups is 1. The van der Waals surface area contributed by atoms with Crippen LogP contribution < -0.4 is 14.2 Å². The molecule has 9 heteroatoms. The fourth-order valence-electron chi connectivity index (χ4n) is 4.34. The molecule has 1 aromatic heterocycles. The lowest BCUT2D eigenvalue weighted by atomic mass is 9.95. The maximum Gasteiger partial charge on any atom is 0.340 e. The van der Waals surface area contributed by atoms with Crippen LogP contribution in [0.3, 0.4) is 0 Å². The van der Waals surface area contributed by atoms with Crippen LogP contribution in [-0.2, 0) is 0 Å². The van der Waals surface area contributed by atoms with Gasteiger partial charge in [-0.2, -0.15) is 5.10 Å². The molecule has 2 aromatic carbocycles. The van der Waals surface area contributed by atoms with Crippen molar-refractivity contribution in [2.45, 2.75) is 18.7 Å². The minimum absolute atomic E-state index is 0.0220. The van der Waals surface area contributed by atoms with Crippen LogP contribution in [0.1, 0.15) is 45.7 Å². The van der Waals surface area contributed by atoms with E-state index in [-0.39, 0.29) is 17.4 Å². The maximum absolute atomic E-state index is 12.3. The number of nitrogens with zero attached hydrogens (tertiary/aromatic N) is 3. The van der Waals surface area contributed by atoms with E-state index in [0.29, 0.717) is 23.5 Å².